The van der Waals surface area contributed by atoms with Crippen LogP contribution in [0.2, 0.25) is 0 Å². The van der Waals surface area contributed by atoms with E-state index >= 15 is 0 Å². The van der Waals surface area contributed by atoms with Crippen molar-refractivity contribution < 1.29 is 14.6 Å². The minimum Gasteiger partial charge on any atom is -0.465 e. The Labute approximate surface area is 148 Å². The first kappa shape index (κ1) is 16.2. The summed E-state index contributed by atoms with van der Waals surface area (Å²) in [4.78, 5) is 14.1. The highest BCUT2D eigenvalue weighted by molar-refractivity contribution is 5.89. The smallest absolute Gasteiger partial charge is 0.337 e. The van der Waals surface area contributed by atoms with Crippen LogP contribution in [0.15, 0.2) is 36.4 Å². The first-order valence-electron chi connectivity index (χ1n) is 8.94. The van der Waals surface area contributed by atoms with Crippen LogP contribution < -0.4 is 4.90 Å². The van der Waals surface area contributed by atoms with Gasteiger partial charge in [0.05, 0.1) is 12.7 Å². The zero-order chi connectivity index (χ0) is 17.4. The van der Waals surface area contributed by atoms with Crippen LogP contribution >= 0.6 is 0 Å². The average Bonchev–Trinajstić information content (AvgIpc) is 2.67. The van der Waals surface area contributed by atoms with E-state index in [1.807, 2.05) is 0 Å². The van der Waals surface area contributed by atoms with Crippen molar-refractivity contribution in [1.82, 2.24) is 0 Å². The summed E-state index contributed by atoms with van der Waals surface area (Å²) in [5.74, 6) is -0.362. The van der Waals surface area contributed by atoms with E-state index in [0.717, 1.165) is 37.1 Å². The van der Waals surface area contributed by atoms with Crippen molar-refractivity contribution in [1.29, 1.82) is 0 Å². The van der Waals surface area contributed by atoms with Gasteiger partial charge in [-0.3, -0.25) is 0 Å². The number of aliphatic hydroxyl groups is 1. The van der Waals surface area contributed by atoms with E-state index in [0.29, 0.717) is 5.56 Å². The molecule has 0 spiro atoms. The van der Waals surface area contributed by atoms with Crippen LogP contribution in [0.5, 0.6) is 0 Å². The number of ether oxygens (including phenoxy) is 1. The molecule has 0 fully saturated rings. The second-order valence-electron chi connectivity index (χ2n) is 6.90. The third-order valence-electron chi connectivity index (χ3n) is 5.32. The molecule has 2 aliphatic heterocycles. The van der Waals surface area contributed by atoms with Crippen molar-refractivity contribution >= 4 is 11.7 Å². The maximum absolute atomic E-state index is 11.6. The molecule has 0 aliphatic carbocycles. The number of anilines is 1. The lowest BCUT2D eigenvalue weighted by Crippen LogP contribution is -2.34. The quantitative estimate of drug-likeness (QED) is 0.874. The third-order valence-corrected chi connectivity index (χ3v) is 5.32. The summed E-state index contributed by atoms with van der Waals surface area (Å²) >= 11 is 0. The number of rotatable bonds is 3. The lowest BCUT2D eigenvalue weighted by atomic mass is 9.88. The molecule has 0 aromatic heterocycles. The number of nitrogens with zero attached hydrogens (tertiary/aromatic N) is 1. The van der Waals surface area contributed by atoms with Gasteiger partial charge in [-0.2, -0.15) is 0 Å². The van der Waals surface area contributed by atoms with Gasteiger partial charge in [-0.25, -0.2) is 4.79 Å². The fraction of sp³-hybridized carbons (Fsp3) is 0.381. The highest BCUT2D eigenvalue weighted by Gasteiger charge is 2.25. The second-order valence-corrected chi connectivity index (χ2v) is 6.90. The van der Waals surface area contributed by atoms with Crippen molar-refractivity contribution in [2.24, 2.45) is 0 Å². The maximum atomic E-state index is 11.6. The van der Waals surface area contributed by atoms with Crippen LogP contribution in [0.1, 0.15) is 51.6 Å². The Kier molecular flexibility index (Phi) is 4.22. The molecule has 4 heteroatoms. The Bertz CT molecular complexity index is 766. The Hall–Kier alpha value is -2.33. The molecule has 130 valence electrons. The Balaban J connectivity index is 1.66. The number of methoxy groups -OCH3 is 1. The molecule has 0 radical (unpaired) electrons. The molecule has 2 aliphatic rings. The number of benzene rings is 2. The van der Waals surface area contributed by atoms with Crippen molar-refractivity contribution in [2.75, 3.05) is 25.1 Å². The normalized spacial score (nSPS) is 17.0. The molecule has 0 saturated carbocycles. The minimum atomic E-state index is -0.675. The van der Waals surface area contributed by atoms with Gasteiger partial charge in [0.15, 0.2) is 0 Å². The van der Waals surface area contributed by atoms with E-state index in [4.69, 9.17) is 4.74 Å². The number of aliphatic hydroxyl groups excluding tert-OH is 1. The summed E-state index contributed by atoms with van der Waals surface area (Å²) in [7, 11) is 1.37. The van der Waals surface area contributed by atoms with E-state index in [2.05, 4.69) is 17.0 Å². The minimum absolute atomic E-state index is 0.362. The molecule has 1 atom stereocenters. The third kappa shape index (κ3) is 2.91. The van der Waals surface area contributed by atoms with Gasteiger partial charge in [0.25, 0.3) is 0 Å². The fourth-order valence-electron chi connectivity index (χ4n) is 4.10. The Morgan fingerprint density at radius 3 is 2.20 bits per heavy atom. The number of carbonyl (C=O) groups excluding carboxylic acids is 1. The first-order valence-corrected chi connectivity index (χ1v) is 8.94. The fourth-order valence-corrected chi connectivity index (χ4v) is 4.10. The molecule has 0 amide bonds. The second kappa shape index (κ2) is 6.52. The molecular formula is C21H23NO3. The van der Waals surface area contributed by atoms with Crippen molar-refractivity contribution in [2.45, 2.75) is 31.8 Å². The van der Waals surface area contributed by atoms with Gasteiger partial charge in [0.1, 0.15) is 6.10 Å². The van der Waals surface area contributed by atoms with Gasteiger partial charge in [-0.05, 0) is 60.1 Å². The molecular weight excluding hydrogens is 314 g/mol. The standard InChI is InChI=1S/C21H23NO3/c1-25-21(24)15-8-6-14(7-9-15)20(23)18-12-16-4-2-10-22-11-3-5-17(13-18)19(16)22/h6-9,12-13,20,23H,2-5,10-11H2,1H3. The topological polar surface area (TPSA) is 49.8 Å². The summed E-state index contributed by atoms with van der Waals surface area (Å²) < 4.78 is 4.72. The summed E-state index contributed by atoms with van der Waals surface area (Å²) in [6.07, 6.45) is 3.85. The van der Waals surface area contributed by atoms with Crippen LogP contribution in [-0.4, -0.2) is 31.3 Å². The summed E-state index contributed by atoms with van der Waals surface area (Å²) in [6, 6.07) is 11.3. The largest absolute Gasteiger partial charge is 0.465 e. The Morgan fingerprint density at radius 1 is 1.04 bits per heavy atom. The molecule has 2 aromatic rings. The van der Waals surface area contributed by atoms with Crippen LogP contribution in [0.4, 0.5) is 5.69 Å². The van der Waals surface area contributed by atoms with Crippen molar-refractivity contribution in [3.05, 3.63) is 64.2 Å². The average molecular weight is 337 g/mol. The highest BCUT2D eigenvalue weighted by Crippen LogP contribution is 2.38. The van der Waals surface area contributed by atoms with Gasteiger partial charge >= 0.3 is 5.97 Å². The molecule has 1 unspecified atom stereocenters. The van der Waals surface area contributed by atoms with Gasteiger partial charge in [-0.1, -0.05) is 24.3 Å². The molecule has 1 N–H and O–H groups in total. The number of esters is 1. The van der Waals surface area contributed by atoms with Crippen LogP contribution in [-0.2, 0) is 17.6 Å². The van der Waals surface area contributed by atoms with Crippen molar-refractivity contribution in [3.63, 3.8) is 0 Å². The predicted octanol–water partition coefficient (Wildman–Crippen LogP) is 3.25. The zero-order valence-corrected chi connectivity index (χ0v) is 14.5. The SMILES string of the molecule is COC(=O)c1ccc(C(O)c2cc3c4c(c2)CCCN4CCC3)cc1. The van der Waals surface area contributed by atoms with Gasteiger partial charge in [-0.15, -0.1) is 0 Å². The number of aryl methyl sites for hydroxylation is 2. The molecule has 4 rings (SSSR count). The van der Waals surface area contributed by atoms with Crippen LogP contribution in [0.25, 0.3) is 0 Å². The molecule has 0 bridgehead atoms. The predicted molar refractivity (Wildman–Crippen MR) is 97.1 cm³/mol. The van der Waals surface area contributed by atoms with Gasteiger partial charge < -0.3 is 14.7 Å². The first-order chi connectivity index (χ1) is 12.2. The molecule has 0 saturated heterocycles. The number of carbonyl (C=O) groups is 1. The van der Waals surface area contributed by atoms with E-state index in [1.54, 1.807) is 24.3 Å². The molecule has 2 heterocycles. The van der Waals surface area contributed by atoms with Crippen LogP contribution in [0.3, 0.4) is 0 Å². The summed E-state index contributed by atoms with van der Waals surface area (Å²) in [6.45, 7) is 2.30. The van der Waals surface area contributed by atoms with Crippen molar-refractivity contribution in [3.8, 4) is 0 Å². The van der Waals surface area contributed by atoms with E-state index in [9.17, 15) is 9.90 Å². The zero-order valence-electron chi connectivity index (χ0n) is 14.5. The maximum Gasteiger partial charge on any atom is 0.337 e. The van der Waals surface area contributed by atoms with Gasteiger partial charge in [0.2, 0.25) is 0 Å². The number of hydrogen-bond donors (Lipinski definition) is 1. The number of hydrogen-bond acceptors (Lipinski definition) is 4. The summed E-state index contributed by atoms with van der Waals surface area (Å²) in [5.41, 5.74) is 6.38. The van der Waals surface area contributed by atoms with Gasteiger partial charge in [0, 0.05) is 18.8 Å². The lowest BCUT2D eigenvalue weighted by Gasteiger charge is -2.37. The van der Waals surface area contributed by atoms with E-state index in [-0.39, 0.29) is 5.97 Å². The highest BCUT2D eigenvalue weighted by atomic mass is 16.5. The molecule has 25 heavy (non-hydrogen) atoms. The summed E-state index contributed by atoms with van der Waals surface area (Å²) in [5, 5.41) is 10.9. The van der Waals surface area contributed by atoms with E-state index in [1.165, 1.54) is 36.8 Å². The molecule has 2 aromatic carbocycles. The lowest BCUT2D eigenvalue weighted by molar-refractivity contribution is 0.0600. The monoisotopic (exact) mass is 337 g/mol. The van der Waals surface area contributed by atoms with E-state index < -0.39 is 6.10 Å². The Morgan fingerprint density at radius 2 is 1.64 bits per heavy atom. The molecule has 4 nitrogen and oxygen atoms in total. The van der Waals surface area contributed by atoms with Crippen LogP contribution in [0, 0.1) is 0 Å².